The summed E-state index contributed by atoms with van der Waals surface area (Å²) in [6, 6.07) is 0.831. The summed E-state index contributed by atoms with van der Waals surface area (Å²) in [5, 5.41) is 4.97. The van der Waals surface area contributed by atoms with E-state index in [2.05, 4.69) is 12.0 Å². The monoisotopic (exact) mass is 309 g/mol. The zero-order valence-corrected chi connectivity index (χ0v) is 15.1. The van der Waals surface area contributed by atoms with Gasteiger partial charge >= 0.3 is 8.80 Å². The van der Waals surface area contributed by atoms with Crippen molar-refractivity contribution in [2.45, 2.75) is 24.6 Å². The van der Waals surface area contributed by atoms with Gasteiger partial charge in [0.25, 0.3) is 0 Å². The predicted molar refractivity (Wildman–Crippen MR) is 84.6 cm³/mol. The summed E-state index contributed by atoms with van der Waals surface area (Å²) in [4.78, 5) is 0. The highest BCUT2D eigenvalue weighted by atomic mass is 32.2. The Morgan fingerprint density at radius 2 is 1.68 bits per heavy atom. The Kier molecular flexibility index (Phi) is 9.13. The molecule has 0 fully saturated rings. The van der Waals surface area contributed by atoms with E-state index in [0.29, 0.717) is 9.84 Å². The van der Waals surface area contributed by atoms with E-state index in [-0.39, 0.29) is 0 Å². The maximum Gasteiger partial charge on any atom is 0.500 e. The maximum absolute atomic E-state index is 5.40. The lowest BCUT2D eigenvalue weighted by Gasteiger charge is -2.24. The van der Waals surface area contributed by atoms with E-state index in [9.17, 15) is 0 Å². The fourth-order valence-corrected chi connectivity index (χ4v) is 4.66. The highest BCUT2D eigenvalue weighted by Crippen LogP contribution is 2.20. The van der Waals surface area contributed by atoms with Crippen LogP contribution in [0.15, 0.2) is 5.10 Å². The van der Waals surface area contributed by atoms with Gasteiger partial charge in [0.15, 0.2) is 0 Å². The van der Waals surface area contributed by atoms with Crippen LogP contribution in [-0.2, 0) is 13.3 Å². The molecule has 0 N–H and O–H groups in total. The number of hydrogen-bond acceptors (Lipinski definition) is 5. The van der Waals surface area contributed by atoms with E-state index in [1.807, 2.05) is 39.1 Å². The Hall–Kier alpha value is 0.0769. The number of thioether (sulfide) groups is 1. The van der Waals surface area contributed by atoms with Gasteiger partial charge in [0.1, 0.15) is 0 Å². The highest BCUT2D eigenvalue weighted by Gasteiger charge is 2.37. The molecule has 0 heterocycles. The number of nitrogens with zero attached hydrogens (tertiary/aromatic N) is 2. The molecule has 0 spiro atoms. The first-order valence-corrected chi connectivity index (χ1v) is 9.39. The summed E-state index contributed by atoms with van der Waals surface area (Å²) in [5.41, 5.74) is 0. The Bertz CT molecular complexity index is 260. The minimum atomic E-state index is -2.40. The lowest BCUT2D eigenvalue weighted by atomic mass is 10.4. The van der Waals surface area contributed by atoms with Crippen LogP contribution in [0, 0.1) is 0 Å². The van der Waals surface area contributed by atoms with Crippen LogP contribution in [0.5, 0.6) is 0 Å². The molecule has 1 unspecified atom stereocenters. The Balaban J connectivity index is 3.97. The van der Waals surface area contributed by atoms with Gasteiger partial charge in [-0.1, -0.05) is 12.0 Å². The van der Waals surface area contributed by atoms with Gasteiger partial charge in [-0.2, -0.15) is 11.8 Å². The van der Waals surface area contributed by atoms with Crippen LogP contribution < -0.4 is 0 Å². The third-order valence-electron chi connectivity index (χ3n) is 2.61. The van der Waals surface area contributed by atoms with Crippen molar-refractivity contribution in [3.05, 3.63) is 0 Å². The second-order valence-electron chi connectivity index (χ2n) is 5.20. The first-order valence-electron chi connectivity index (χ1n) is 6.41. The maximum atomic E-state index is 5.40. The summed E-state index contributed by atoms with van der Waals surface area (Å²) < 4.78 is 16.8. The molecule has 0 aliphatic rings. The molecule has 0 rings (SSSR count). The van der Waals surface area contributed by atoms with Gasteiger partial charge < -0.3 is 13.3 Å². The number of hydrogen-bond donors (Lipinski definition) is 0. The van der Waals surface area contributed by atoms with E-state index in [1.165, 1.54) is 0 Å². The van der Waals surface area contributed by atoms with Crippen molar-refractivity contribution in [1.29, 1.82) is 0 Å². The molecular weight excluding hydrogens is 280 g/mol. The standard InChI is InChI=1S/C12H29N2O3SSi/c1-12(8-9-13-14(2,3)4)18-10-11-19(15-5,16-6)17-7/h9,12H,8,10-11H2,1-7H3/q+1. The van der Waals surface area contributed by atoms with Gasteiger partial charge in [-0.3, -0.25) is 0 Å². The molecule has 0 aromatic carbocycles. The molecule has 19 heavy (non-hydrogen) atoms. The van der Waals surface area contributed by atoms with Crippen molar-refractivity contribution >= 4 is 26.8 Å². The molecule has 0 aromatic heterocycles. The van der Waals surface area contributed by atoms with Crippen LogP contribution in [0.25, 0.3) is 0 Å². The van der Waals surface area contributed by atoms with Crippen LogP contribution in [-0.4, -0.2) is 73.1 Å². The summed E-state index contributed by atoms with van der Waals surface area (Å²) in [5.74, 6) is 0.973. The quantitative estimate of drug-likeness (QED) is 0.268. The third kappa shape index (κ3) is 8.77. The Labute approximate surface area is 123 Å². The van der Waals surface area contributed by atoms with Crippen LogP contribution in [0.3, 0.4) is 0 Å². The van der Waals surface area contributed by atoms with Gasteiger partial charge in [0, 0.05) is 32.6 Å². The van der Waals surface area contributed by atoms with Gasteiger partial charge in [0.05, 0.1) is 27.4 Å². The summed E-state index contributed by atoms with van der Waals surface area (Å²) in [7, 11) is 8.70. The van der Waals surface area contributed by atoms with E-state index in [4.69, 9.17) is 13.3 Å². The van der Waals surface area contributed by atoms with Crippen LogP contribution in [0.1, 0.15) is 13.3 Å². The normalized spacial score (nSPS) is 15.1. The minimum absolute atomic E-state index is 0.535. The molecular formula is C12H29N2O3SSi+. The van der Waals surface area contributed by atoms with Crippen molar-refractivity contribution < 1.29 is 17.9 Å². The average Bonchev–Trinajstić information content (AvgIpc) is 2.34. The van der Waals surface area contributed by atoms with E-state index < -0.39 is 8.80 Å². The molecule has 0 saturated carbocycles. The van der Waals surface area contributed by atoms with Crippen molar-refractivity contribution in [2.24, 2.45) is 5.10 Å². The van der Waals surface area contributed by atoms with Gasteiger partial charge in [-0.15, -0.1) is 0 Å². The predicted octanol–water partition coefficient (Wildman–Crippen LogP) is 2.07. The van der Waals surface area contributed by atoms with E-state index >= 15 is 0 Å². The second kappa shape index (κ2) is 9.09. The first kappa shape index (κ1) is 19.1. The molecule has 7 heteroatoms. The largest absolute Gasteiger partial charge is 0.500 e. The van der Waals surface area contributed by atoms with Gasteiger partial charge in [-0.05, 0) is 12.2 Å². The molecule has 1 atom stereocenters. The molecule has 0 saturated heterocycles. The third-order valence-corrected chi connectivity index (χ3v) is 6.90. The van der Waals surface area contributed by atoms with Crippen LogP contribution in [0.4, 0.5) is 0 Å². The summed E-state index contributed by atoms with van der Waals surface area (Å²) in [6.45, 7) is 2.21. The van der Waals surface area contributed by atoms with E-state index in [1.54, 1.807) is 21.3 Å². The zero-order chi connectivity index (χ0) is 14.9. The smallest absolute Gasteiger partial charge is 0.377 e. The first-order chi connectivity index (χ1) is 8.78. The fraction of sp³-hybridized carbons (Fsp3) is 0.917. The SMILES string of the molecule is CO[Si](CCSC(C)CC=N[N+](C)(C)C)(OC)OC. The number of quaternary nitrogens is 1. The highest BCUT2D eigenvalue weighted by molar-refractivity contribution is 7.99. The lowest BCUT2D eigenvalue weighted by molar-refractivity contribution is -0.876. The minimum Gasteiger partial charge on any atom is -0.377 e. The van der Waals surface area contributed by atoms with Crippen molar-refractivity contribution in [3.63, 3.8) is 0 Å². The molecule has 0 amide bonds. The topological polar surface area (TPSA) is 40.0 Å². The lowest BCUT2D eigenvalue weighted by Crippen LogP contribution is -2.43. The van der Waals surface area contributed by atoms with Crippen molar-refractivity contribution in [3.8, 4) is 0 Å². The fourth-order valence-electron chi connectivity index (χ4n) is 1.45. The van der Waals surface area contributed by atoms with E-state index in [0.717, 1.165) is 18.2 Å². The molecule has 0 aliphatic carbocycles. The van der Waals surface area contributed by atoms with Gasteiger partial charge in [-0.25, -0.2) is 4.59 Å². The average molecular weight is 310 g/mol. The summed E-state index contributed by atoms with van der Waals surface area (Å²) in [6.07, 6.45) is 2.98. The Morgan fingerprint density at radius 3 is 2.11 bits per heavy atom. The van der Waals surface area contributed by atoms with Crippen molar-refractivity contribution in [2.75, 3.05) is 48.2 Å². The molecule has 0 bridgehead atoms. The zero-order valence-electron chi connectivity index (χ0n) is 13.3. The van der Waals surface area contributed by atoms with Crippen molar-refractivity contribution in [1.82, 2.24) is 0 Å². The molecule has 0 aliphatic heterocycles. The molecule has 0 radical (unpaired) electrons. The van der Waals surface area contributed by atoms with Crippen LogP contribution >= 0.6 is 11.8 Å². The molecule has 114 valence electrons. The van der Waals surface area contributed by atoms with Crippen LogP contribution in [0.2, 0.25) is 6.04 Å². The Morgan fingerprint density at radius 1 is 1.16 bits per heavy atom. The number of rotatable bonds is 10. The second-order valence-corrected chi connectivity index (χ2v) is 9.84. The summed E-state index contributed by atoms with van der Waals surface area (Å²) >= 11 is 1.90. The van der Waals surface area contributed by atoms with Gasteiger partial charge in [0.2, 0.25) is 0 Å². The molecule has 0 aromatic rings. The molecule has 5 nitrogen and oxygen atoms in total.